The first kappa shape index (κ1) is 12.7. The van der Waals surface area contributed by atoms with E-state index in [9.17, 15) is 4.79 Å². The fourth-order valence-electron chi connectivity index (χ4n) is 2.47. The highest BCUT2D eigenvalue weighted by atomic mass is 16.2. The van der Waals surface area contributed by atoms with E-state index < -0.39 is 0 Å². The van der Waals surface area contributed by atoms with Crippen LogP contribution in [0.5, 0.6) is 0 Å². The summed E-state index contributed by atoms with van der Waals surface area (Å²) in [7, 11) is 1.79. The maximum absolute atomic E-state index is 12.4. The molecule has 98 valence electrons. The molecule has 18 heavy (non-hydrogen) atoms. The molecule has 4 nitrogen and oxygen atoms in total. The molecule has 1 aliphatic rings. The molecule has 1 atom stereocenters. The summed E-state index contributed by atoms with van der Waals surface area (Å²) in [6.07, 6.45) is 2.30. The summed E-state index contributed by atoms with van der Waals surface area (Å²) in [6, 6.07) is 7.51. The predicted octanol–water partition coefficient (Wildman–Crippen LogP) is 2.56. The Labute approximate surface area is 108 Å². The van der Waals surface area contributed by atoms with Gasteiger partial charge in [-0.25, -0.2) is 4.79 Å². The van der Waals surface area contributed by atoms with Gasteiger partial charge in [0.1, 0.15) is 0 Å². The number of carbonyl (C=O) groups excluding carboxylic acids is 1. The van der Waals surface area contributed by atoms with Gasteiger partial charge in [0, 0.05) is 20.1 Å². The van der Waals surface area contributed by atoms with E-state index in [4.69, 9.17) is 5.73 Å². The van der Waals surface area contributed by atoms with Crippen LogP contribution in [0.3, 0.4) is 0 Å². The summed E-state index contributed by atoms with van der Waals surface area (Å²) in [6.45, 7) is 3.88. The molecule has 1 heterocycles. The van der Waals surface area contributed by atoms with Crippen LogP contribution in [0.4, 0.5) is 16.2 Å². The lowest BCUT2D eigenvalue weighted by atomic mass is 10.0. The van der Waals surface area contributed by atoms with Gasteiger partial charge in [-0.3, -0.25) is 4.90 Å². The third-order valence-electron chi connectivity index (χ3n) is 3.51. The van der Waals surface area contributed by atoms with Crippen molar-refractivity contribution in [2.24, 2.45) is 5.92 Å². The summed E-state index contributed by atoms with van der Waals surface area (Å²) in [5.41, 5.74) is 7.32. The summed E-state index contributed by atoms with van der Waals surface area (Å²) < 4.78 is 0. The maximum Gasteiger partial charge on any atom is 0.324 e. The van der Waals surface area contributed by atoms with Gasteiger partial charge in [-0.2, -0.15) is 0 Å². The van der Waals surface area contributed by atoms with Crippen molar-refractivity contribution in [3.8, 4) is 0 Å². The van der Waals surface area contributed by atoms with Crippen molar-refractivity contribution >= 4 is 17.4 Å². The Hall–Kier alpha value is -1.71. The van der Waals surface area contributed by atoms with E-state index in [1.165, 1.54) is 6.42 Å². The number of rotatable bonds is 1. The highest BCUT2D eigenvalue weighted by molar-refractivity contribution is 5.94. The van der Waals surface area contributed by atoms with Crippen LogP contribution in [0.25, 0.3) is 0 Å². The van der Waals surface area contributed by atoms with Gasteiger partial charge in [0.15, 0.2) is 0 Å². The Morgan fingerprint density at radius 2 is 2.17 bits per heavy atom. The average Bonchev–Trinajstić information content (AvgIpc) is 2.37. The lowest BCUT2D eigenvalue weighted by molar-refractivity contribution is 0.177. The summed E-state index contributed by atoms with van der Waals surface area (Å²) in [5.74, 6) is 0.587. The van der Waals surface area contributed by atoms with Crippen LogP contribution in [0.1, 0.15) is 19.8 Å². The van der Waals surface area contributed by atoms with Crippen molar-refractivity contribution in [3.63, 3.8) is 0 Å². The lowest BCUT2D eigenvalue weighted by Gasteiger charge is -2.34. The van der Waals surface area contributed by atoms with Crippen molar-refractivity contribution in [3.05, 3.63) is 24.3 Å². The fourth-order valence-corrected chi connectivity index (χ4v) is 2.47. The topological polar surface area (TPSA) is 49.6 Å². The first-order chi connectivity index (χ1) is 8.59. The molecule has 0 aliphatic carbocycles. The van der Waals surface area contributed by atoms with Crippen molar-refractivity contribution < 1.29 is 4.79 Å². The van der Waals surface area contributed by atoms with Crippen LogP contribution in [-0.4, -0.2) is 31.1 Å². The maximum atomic E-state index is 12.4. The number of anilines is 2. The molecule has 0 saturated carbocycles. The zero-order valence-electron chi connectivity index (χ0n) is 11.1. The van der Waals surface area contributed by atoms with Crippen molar-refractivity contribution in [1.29, 1.82) is 0 Å². The SMILES string of the molecule is CC1CCCN(C(=O)N(C)c2ccccc2N)C1. The average molecular weight is 247 g/mol. The number of amides is 2. The van der Waals surface area contributed by atoms with Gasteiger partial charge in [0.05, 0.1) is 11.4 Å². The number of nitrogen functional groups attached to an aromatic ring is 1. The third-order valence-corrected chi connectivity index (χ3v) is 3.51. The molecule has 2 N–H and O–H groups in total. The molecule has 2 amide bonds. The molecule has 1 saturated heterocycles. The van der Waals surface area contributed by atoms with Crippen molar-refractivity contribution in [2.75, 3.05) is 30.8 Å². The summed E-state index contributed by atoms with van der Waals surface area (Å²) in [4.78, 5) is 16.0. The second kappa shape index (κ2) is 5.29. The van der Waals surface area contributed by atoms with E-state index in [0.29, 0.717) is 11.6 Å². The number of carbonyl (C=O) groups is 1. The van der Waals surface area contributed by atoms with Gasteiger partial charge >= 0.3 is 6.03 Å². The van der Waals surface area contributed by atoms with Crippen LogP contribution in [0, 0.1) is 5.92 Å². The molecule has 0 spiro atoms. The standard InChI is InChI=1S/C14H21N3O/c1-11-6-5-9-17(10-11)14(18)16(2)13-8-4-3-7-12(13)15/h3-4,7-8,11H,5-6,9-10,15H2,1-2H3. The molecular formula is C14H21N3O. The molecule has 0 bridgehead atoms. The van der Waals surface area contributed by atoms with E-state index in [0.717, 1.165) is 25.2 Å². The number of urea groups is 1. The molecule has 1 aromatic carbocycles. The van der Waals surface area contributed by atoms with E-state index >= 15 is 0 Å². The number of likely N-dealkylation sites (tertiary alicyclic amines) is 1. The van der Waals surface area contributed by atoms with Gasteiger partial charge < -0.3 is 10.6 Å². The minimum Gasteiger partial charge on any atom is -0.397 e. The number of nitrogens with two attached hydrogens (primary N) is 1. The molecule has 1 unspecified atom stereocenters. The molecule has 1 aliphatic heterocycles. The number of benzene rings is 1. The zero-order valence-corrected chi connectivity index (χ0v) is 11.1. The van der Waals surface area contributed by atoms with Gasteiger partial charge in [-0.1, -0.05) is 19.1 Å². The largest absolute Gasteiger partial charge is 0.397 e. The Kier molecular flexibility index (Phi) is 3.75. The van der Waals surface area contributed by atoms with Crippen LogP contribution >= 0.6 is 0 Å². The van der Waals surface area contributed by atoms with Crippen molar-refractivity contribution in [1.82, 2.24) is 4.90 Å². The molecule has 2 rings (SSSR count). The van der Waals surface area contributed by atoms with E-state index in [1.807, 2.05) is 29.2 Å². The minimum atomic E-state index is 0.0412. The number of nitrogens with zero attached hydrogens (tertiary/aromatic N) is 2. The minimum absolute atomic E-state index is 0.0412. The Balaban J connectivity index is 2.11. The number of piperidine rings is 1. The van der Waals surface area contributed by atoms with Crippen LogP contribution in [0.15, 0.2) is 24.3 Å². The first-order valence-electron chi connectivity index (χ1n) is 6.46. The van der Waals surface area contributed by atoms with Gasteiger partial charge in [-0.15, -0.1) is 0 Å². The highest BCUT2D eigenvalue weighted by Gasteiger charge is 2.24. The van der Waals surface area contributed by atoms with Gasteiger partial charge in [0.2, 0.25) is 0 Å². The van der Waals surface area contributed by atoms with Crippen LogP contribution in [0.2, 0.25) is 0 Å². The number of para-hydroxylation sites is 2. The quantitative estimate of drug-likeness (QED) is 0.775. The molecule has 0 radical (unpaired) electrons. The number of hydrogen-bond donors (Lipinski definition) is 1. The lowest BCUT2D eigenvalue weighted by Crippen LogP contribution is -2.46. The fraction of sp³-hybridized carbons (Fsp3) is 0.500. The Bertz CT molecular complexity index is 433. The molecule has 4 heteroatoms. The second-order valence-electron chi connectivity index (χ2n) is 5.09. The van der Waals surface area contributed by atoms with Crippen LogP contribution in [-0.2, 0) is 0 Å². The normalized spacial score (nSPS) is 19.7. The van der Waals surface area contributed by atoms with Gasteiger partial charge in [0.25, 0.3) is 0 Å². The first-order valence-corrected chi connectivity index (χ1v) is 6.46. The van der Waals surface area contributed by atoms with Crippen molar-refractivity contribution in [2.45, 2.75) is 19.8 Å². The van der Waals surface area contributed by atoms with E-state index in [2.05, 4.69) is 6.92 Å². The highest BCUT2D eigenvalue weighted by Crippen LogP contribution is 2.24. The summed E-state index contributed by atoms with van der Waals surface area (Å²) >= 11 is 0. The van der Waals surface area contributed by atoms with Crippen LogP contribution < -0.4 is 10.6 Å². The predicted molar refractivity (Wildman–Crippen MR) is 74.6 cm³/mol. The van der Waals surface area contributed by atoms with Gasteiger partial charge in [-0.05, 0) is 30.9 Å². The second-order valence-corrected chi connectivity index (χ2v) is 5.09. The zero-order chi connectivity index (χ0) is 13.1. The molecule has 0 aromatic heterocycles. The number of hydrogen-bond acceptors (Lipinski definition) is 2. The Morgan fingerprint density at radius 3 is 2.83 bits per heavy atom. The monoisotopic (exact) mass is 247 g/mol. The van der Waals surface area contributed by atoms with E-state index in [-0.39, 0.29) is 6.03 Å². The molecule has 1 fully saturated rings. The summed E-state index contributed by atoms with van der Waals surface area (Å²) in [5, 5.41) is 0. The molecule has 1 aromatic rings. The smallest absolute Gasteiger partial charge is 0.324 e. The Morgan fingerprint density at radius 1 is 1.44 bits per heavy atom. The third kappa shape index (κ3) is 2.58. The molecular weight excluding hydrogens is 226 g/mol. The van der Waals surface area contributed by atoms with E-state index in [1.54, 1.807) is 11.9 Å².